The molecule has 0 aliphatic heterocycles. The van der Waals surface area contributed by atoms with Gasteiger partial charge < -0.3 is 11.6 Å². The van der Waals surface area contributed by atoms with Gasteiger partial charge in [0, 0.05) is 6.42 Å². The zero-order chi connectivity index (χ0) is 9.94. The molecule has 13 heavy (non-hydrogen) atoms. The topological polar surface area (TPSA) is 64.4 Å². The maximum absolute atomic E-state index is 5.46. The molecule has 0 fully saturated rings. The summed E-state index contributed by atoms with van der Waals surface area (Å²) in [4.78, 5) is 0. The van der Waals surface area contributed by atoms with Crippen molar-refractivity contribution in [1.29, 1.82) is 0 Å². The molecule has 0 saturated heterocycles. The van der Waals surface area contributed by atoms with Gasteiger partial charge in [-0.25, -0.2) is 0 Å². The molecule has 0 amide bonds. The van der Waals surface area contributed by atoms with Crippen LogP contribution in [0.4, 0.5) is 0 Å². The average molecular weight is 185 g/mol. The number of hydrazone groups is 1. The summed E-state index contributed by atoms with van der Waals surface area (Å²) in [5, 5.41) is 3.43. The third kappa shape index (κ3) is 9.18. The van der Waals surface area contributed by atoms with Crippen molar-refractivity contribution in [2.45, 2.75) is 58.3 Å². The number of hydrogen-bond donors (Lipinski definition) is 2. The predicted molar refractivity (Wildman–Crippen MR) is 58.4 cm³/mol. The van der Waals surface area contributed by atoms with Gasteiger partial charge in [0.25, 0.3) is 0 Å². The van der Waals surface area contributed by atoms with E-state index < -0.39 is 0 Å². The number of unbranched alkanes of at least 4 members (excludes halogenated alkanes) is 6. The van der Waals surface area contributed by atoms with Crippen molar-refractivity contribution in [2.75, 3.05) is 0 Å². The molecule has 4 N–H and O–H groups in total. The number of rotatable bonds is 8. The fraction of sp³-hybridized carbons (Fsp3) is 0.900. The fourth-order valence-corrected chi connectivity index (χ4v) is 1.33. The van der Waals surface area contributed by atoms with E-state index in [2.05, 4.69) is 12.0 Å². The van der Waals surface area contributed by atoms with Crippen LogP contribution in [-0.2, 0) is 0 Å². The summed E-state index contributed by atoms with van der Waals surface area (Å²) < 4.78 is 0. The molecule has 0 aromatic heterocycles. The van der Waals surface area contributed by atoms with Gasteiger partial charge in [-0.15, -0.1) is 0 Å². The number of nitrogens with two attached hydrogens (primary N) is 2. The van der Waals surface area contributed by atoms with E-state index in [-0.39, 0.29) is 0 Å². The molecule has 0 heterocycles. The van der Waals surface area contributed by atoms with Crippen LogP contribution in [0.1, 0.15) is 58.3 Å². The summed E-state index contributed by atoms with van der Waals surface area (Å²) in [6, 6.07) is 0. The molecule has 0 atom stereocenters. The van der Waals surface area contributed by atoms with Gasteiger partial charge in [0.15, 0.2) is 0 Å². The Hall–Kier alpha value is -0.730. The van der Waals surface area contributed by atoms with E-state index in [0.29, 0.717) is 5.84 Å². The van der Waals surface area contributed by atoms with Crippen LogP contribution >= 0.6 is 0 Å². The first-order valence-corrected chi connectivity index (χ1v) is 5.33. The zero-order valence-corrected chi connectivity index (χ0v) is 8.76. The van der Waals surface area contributed by atoms with Crippen LogP contribution in [0, 0.1) is 0 Å². The first-order chi connectivity index (χ1) is 6.31. The van der Waals surface area contributed by atoms with Gasteiger partial charge in [0.1, 0.15) is 5.84 Å². The van der Waals surface area contributed by atoms with Gasteiger partial charge in [0.2, 0.25) is 0 Å². The van der Waals surface area contributed by atoms with Gasteiger partial charge in [-0.2, -0.15) is 5.10 Å². The quantitative estimate of drug-likeness (QED) is 0.200. The number of amidine groups is 1. The highest BCUT2D eigenvalue weighted by Gasteiger charge is 1.93. The molecule has 0 aromatic carbocycles. The van der Waals surface area contributed by atoms with Gasteiger partial charge >= 0.3 is 0 Å². The zero-order valence-electron chi connectivity index (χ0n) is 8.76. The molecule has 0 aliphatic carbocycles. The fourth-order valence-electron chi connectivity index (χ4n) is 1.33. The van der Waals surface area contributed by atoms with Crippen LogP contribution in [0.25, 0.3) is 0 Å². The van der Waals surface area contributed by atoms with Crippen molar-refractivity contribution in [3.63, 3.8) is 0 Å². The summed E-state index contributed by atoms with van der Waals surface area (Å²) in [6.07, 6.45) is 9.95. The van der Waals surface area contributed by atoms with Crippen LogP contribution in [0.5, 0.6) is 0 Å². The lowest BCUT2D eigenvalue weighted by molar-refractivity contribution is 0.594. The van der Waals surface area contributed by atoms with Crippen LogP contribution < -0.4 is 11.6 Å². The second kappa shape index (κ2) is 9.36. The van der Waals surface area contributed by atoms with Crippen molar-refractivity contribution in [2.24, 2.45) is 16.7 Å². The van der Waals surface area contributed by atoms with E-state index >= 15 is 0 Å². The van der Waals surface area contributed by atoms with E-state index in [1.807, 2.05) is 0 Å². The van der Waals surface area contributed by atoms with Gasteiger partial charge in [-0.05, 0) is 6.42 Å². The largest absolute Gasteiger partial charge is 0.386 e. The Morgan fingerprint density at radius 1 is 1.00 bits per heavy atom. The Bertz CT molecular complexity index is 132. The van der Waals surface area contributed by atoms with Crippen molar-refractivity contribution < 1.29 is 0 Å². The number of nitrogens with zero attached hydrogens (tertiary/aromatic N) is 1. The molecule has 0 rings (SSSR count). The maximum atomic E-state index is 5.46. The highest BCUT2D eigenvalue weighted by Crippen LogP contribution is 2.07. The molecule has 78 valence electrons. The first kappa shape index (κ1) is 12.3. The highest BCUT2D eigenvalue weighted by atomic mass is 15.1. The first-order valence-electron chi connectivity index (χ1n) is 5.33. The van der Waals surface area contributed by atoms with Crippen molar-refractivity contribution >= 4 is 5.84 Å². The lowest BCUT2D eigenvalue weighted by Crippen LogP contribution is -2.13. The van der Waals surface area contributed by atoms with Crippen LogP contribution in [-0.4, -0.2) is 5.84 Å². The smallest absolute Gasteiger partial charge is 0.119 e. The lowest BCUT2D eigenvalue weighted by atomic mass is 10.1. The van der Waals surface area contributed by atoms with Gasteiger partial charge in [-0.1, -0.05) is 45.4 Å². The van der Waals surface area contributed by atoms with Crippen molar-refractivity contribution in [3.8, 4) is 0 Å². The standard InChI is InChI=1S/C10H23N3/c1-2-3-4-5-6-7-8-9-10(11)13-12/h2-9,12H2,1H3,(H2,11,13). The molecule has 0 saturated carbocycles. The molecule has 0 aromatic rings. The summed E-state index contributed by atoms with van der Waals surface area (Å²) in [5.74, 6) is 5.59. The van der Waals surface area contributed by atoms with E-state index in [0.717, 1.165) is 12.8 Å². The molecule has 0 bridgehead atoms. The molecule has 3 heteroatoms. The van der Waals surface area contributed by atoms with E-state index in [1.54, 1.807) is 0 Å². The number of hydrogen-bond acceptors (Lipinski definition) is 2. The normalized spacial score (nSPS) is 11.9. The molecule has 0 radical (unpaired) electrons. The summed E-state index contributed by atoms with van der Waals surface area (Å²) in [6.45, 7) is 2.23. The Morgan fingerprint density at radius 2 is 1.54 bits per heavy atom. The Morgan fingerprint density at radius 3 is 2.08 bits per heavy atom. The monoisotopic (exact) mass is 185 g/mol. The van der Waals surface area contributed by atoms with E-state index in [1.165, 1.54) is 38.5 Å². The Balaban J connectivity index is 3.00. The van der Waals surface area contributed by atoms with Crippen LogP contribution in [0.15, 0.2) is 5.10 Å². The van der Waals surface area contributed by atoms with Gasteiger partial charge in [-0.3, -0.25) is 0 Å². The SMILES string of the molecule is CCCCCCCCCC(N)=NN. The maximum Gasteiger partial charge on any atom is 0.119 e. The molecular weight excluding hydrogens is 162 g/mol. The van der Waals surface area contributed by atoms with Gasteiger partial charge in [0.05, 0.1) is 0 Å². The van der Waals surface area contributed by atoms with E-state index in [9.17, 15) is 0 Å². The molecule has 0 unspecified atom stereocenters. The summed E-state index contributed by atoms with van der Waals surface area (Å²) >= 11 is 0. The molecule has 3 nitrogen and oxygen atoms in total. The predicted octanol–water partition coefficient (Wildman–Crippen LogP) is 2.36. The van der Waals surface area contributed by atoms with Crippen molar-refractivity contribution in [1.82, 2.24) is 0 Å². The van der Waals surface area contributed by atoms with Crippen LogP contribution in [0.2, 0.25) is 0 Å². The van der Waals surface area contributed by atoms with Crippen LogP contribution in [0.3, 0.4) is 0 Å². The summed E-state index contributed by atoms with van der Waals surface area (Å²) in [5.41, 5.74) is 5.46. The highest BCUT2D eigenvalue weighted by molar-refractivity contribution is 5.79. The minimum Gasteiger partial charge on any atom is -0.386 e. The Kier molecular flexibility index (Phi) is 8.83. The van der Waals surface area contributed by atoms with E-state index in [4.69, 9.17) is 11.6 Å². The molecular formula is C10H23N3. The Labute approximate surface area is 81.6 Å². The second-order valence-electron chi connectivity index (χ2n) is 3.49. The summed E-state index contributed by atoms with van der Waals surface area (Å²) in [7, 11) is 0. The average Bonchev–Trinajstić information content (AvgIpc) is 2.16. The van der Waals surface area contributed by atoms with Crippen molar-refractivity contribution in [3.05, 3.63) is 0 Å². The lowest BCUT2D eigenvalue weighted by Gasteiger charge is -2.00. The minimum atomic E-state index is 0.577. The third-order valence-corrected chi connectivity index (χ3v) is 2.20. The molecule has 0 aliphatic rings. The third-order valence-electron chi connectivity index (χ3n) is 2.20. The molecule has 0 spiro atoms. The second-order valence-corrected chi connectivity index (χ2v) is 3.49. The minimum absolute atomic E-state index is 0.577.